The van der Waals surface area contributed by atoms with Crippen molar-refractivity contribution in [3.05, 3.63) is 42.2 Å². The smallest absolute Gasteiger partial charge is 0.0543 e. The van der Waals surface area contributed by atoms with Crippen molar-refractivity contribution in [2.24, 2.45) is 5.92 Å². The molecule has 1 fully saturated rings. The summed E-state index contributed by atoms with van der Waals surface area (Å²) in [4.78, 5) is 9.60. The van der Waals surface area contributed by atoms with Crippen LogP contribution in [0.5, 0.6) is 0 Å². The second kappa shape index (κ2) is 7.00. The zero-order valence-corrected chi connectivity index (χ0v) is 12.2. The molecule has 2 heterocycles. The molecule has 3 heteroatoms. The maximum Gasteiger partial charge on any atom is 0.0543 e. The highest BCUT2D eigenvalue weighted by atomic mass is 15.3. The van der Waals surface area contributed by atoms with Gasteiger partial charge < -0.3 is 4.90 Å². The minimum absolute atomic E-state index is 0.891. The Labute approximate surface area is 122 Å². The quantitative estimate of drug-likeness (QED) is 0.785. The van der Waals surface area contributed by atoms with E-state index in [1.165, 1.54) is 57.7 Å². The maximum absolute atomic E-state index is 4.42. The van der Waals surface area contributed by atoms with Gasteiger partial charge in [0.1, 0.15) is 0 Å². The standard InChI is InChI=1S/C17H25N3/c1-2-6-16(7-3-1)14-19-10-12-20(13-11-19)15-17-8-4-5-9-18-17/h1-2,4-5,8-9,16H,3,6-7,10-15H2/t16-/m1/s1. The molecule has 1 aromatic heterocycles. The average molecular weight is 271 g/mol. The van der Waals surface area contributed by atoms with Crippen LogP contribution in [0.15, 0.2) is 36.5 Å². The van der Waals surface area contributed by atoms with Crippen molar-refractivity contribution < 1.29 is 0 Å². The van der Waals surface area contributed by atoms with Crippen molar-refractivity contribution in [1.82, 2.24) is 14.8 Å². The molecule has 0 unspecified atom stereocenters. The molecule has 1 atom stereocenters. The molecule has 108 valence electrons. The molecule has 3 rings (SSSR count). The highest BCUT2D eigenvalue weighted by Gasteiger charge is 2.20. The number of piperazine rings is 1. The first kappa shape index (κ1) is 13.8. The molecule has 1 aliphatic heterocycles. The van der Waals surface area contributed by atoms with Crippen molar-refractivity contribution in [2.45, 2.75) is 25.8 Å². The van der Waals surface area contributed by atoms with Crippen LogP contribution < -0.4 is 0 Å². The van der Waals surface area contributed by atoms with E-state index in [1.54, 1.807) is 0 Å². The van der Waals surface area contributed by atoms with E-state index in [9.17, 15) is 0 Å². The monoisotopic (exact) mass is 271 g/mol. The van der Waals surface area contributed by atoms with Crippen LogP contribution >= 0.6 is 0 Å². The molecule has 3 nitrogen and oxygen atoms in total. The van der Waals surface area contributed by atoms with Crippen molar-refractivity contribution in [3.63, 3.8) is 0 Å². The van der Waals surface area contributed by atoms with Crippen molar-refractivity contribution in [2.75, 3.05) is 32.7 Å². The Balaban J connectivity index is 1.41. The van der Waals surface area contributed by atoms with Crippen LogP contribution in [0.25, 0.3) is 0 Å². The van der Waals surface area contributed by atoms with E-state index < -0.39 is 0 Å². The first-order valence-electron chi connectivity index (χ1n) is 7.90. The number of hydrogen-bond donors (Lipinski definition) is 0. The molecular formula is C17H25N3. The predicted octanol–water partition coefficient (Wildman–Crippen LogP) is 2.56. The molecular weight excluding hydrogens is 246 g/mol. The topological polar surface area (TPSA) is 19.4 Å². The molecule has 2 aliphatic rings. The van der Waals surface area contributed by atoms with Gasteiger partial charge in [0.15, 0.2) is 0 Å². The van der Waals surface area contributed by atoms with Gasteiger partial charge in [-0.25, -0.2) is 0 Å². The summed E-state index contributed by atoms with van der Waals surface area (Å²) >= 11 is 0. The van der Waals surface area contributed by atoms with Gasteiger partial charge >= 0.3 is 0 Å². The van der Waals surface area contributed by atoms with Gasteiger partial charge in [-0.15, -0.1) is 0 Å². The third-order valence-electron chi connectivity index (χ3n) is 4.47. The van der Waals surface area contributed by atoms with Crippen LogP contribution in [0.1, 0.15) is 25.0 Å². The second-order valence-electron chi connectivity index (χ2n) is 6.05. The van der Waals surface area contributed by atoms with Gasteiger partial charge in [0.2, 0.25) is 0 Å². The fourth-order valence-electron chi connectivity index (χ4n) is 3.24. The summed E-state index contributed by atoms with van der Waals surface area (Å²) in [6.07, 6.45) is 10.5. The maximum atomic E-state index is 4.42. The molecule has 1 aliphatic carbocycles. The lowest BCUT2D eigenvalue weighted by atomic mass is 9.94. The Bertz CT molecular complexity index is 421. The Hall–Kier alpha value is -1.19. The van der Waals surface area contributed by atoms with Gasteiger partial charge in [0, 0.05) is 45.5 Å². The Kier molecular flexibility index (Phi) is 4.82. The summed E-state index contributed by atoms with van der Waals surface area (Å²) in [6, 6.07) is 6.19. The van der Waals surface area contributed by atoms with E-state index in [2.05, 4.69) is 39.1 Å². The van der Waals surface area contributed by atoms with E-state index in [0.717, 1.165) is 12.5 Å². The van der Waals surface area contributed by atoms with E-state index in [4.69, 9.17) is 0 Å². The van der Waals surface area contributed by atoms with Gasteiger partial charge in [-0.05, 0) is 37.3 Å². The molecule has 0 amide bonds. The van der Waals surface area contributed by atoms with E-state index in [-0.39, 0.29) is 0 Å². The lowest BCUT2D eigenvalue weighted by Gasteiger charge is -2.36. The average Bonchev–Trinajstić information content (AvgIpc) is 2.51. The zero-order valence-electron chi connectivity index (χ0n) is 12.2. The third kappa shape index (κ3) is 3.90. The lowest BCUT2D eigenvalue weighted by molar-refractivity contribution is 0.110. The van der Waals surface area contributed by atoms with Gasteiger partial charge in [-0.1, -0.05) is 18.2 Å². The molecule has 0 N–H and O–H groups in total. The SMILES string of the molecule is C1=CC[C@@H](CN2CCN(Cc3ccccn3)CC2)CC1. The molecule has 0 aromatic carbocycles. The minimum atomic E-state index is 0.891. The molecule has 20 heavy (non-hydrogen) atoms. The summed E-state index contributed by atoms with van der Waals surface area (Å²) in [5, 5.41) is 0. The highest BCUT2D eigenvalue weighted by Crippen LogP contribution is 2.20. The van der Waals surface area contributed by atoms with Crippen molar-refractivity contribution in [1.29, 1.82) is 0 Å². The minimum Gasteiger partial charge on any atom is -0.301 e. The summed E-state index contributed by atoms with van der Waals surface area (Å²) in [7, 11) is 0. The number of hydrogen-bond acceptors (Lipinski definition) is 3. The molecule has 1 saturated heterocycles. The summed E-state index contributed by atoms with van der Waals surface area (Å²) in [6.45, 7) is 7.08. The molecule has 0 bridgehead atoms. The fourth-order valence-corrected chi connectivity index (χ4v) is 3.24. The van der Waals surface area contributed by atoms with Gasteiger partial charge in [-0.3, -0.25) is 9.88 Å². The van der Waals surface area contributed by atoms with E-state index >= 15 is 0 Å². The largest absolute Gasteiger partial charge is 0.301 e. The first-order chi connectivity index (χ1) is 9.90. The van der Waals surface area contributed by atoms with Gasteiger partial charge in [0.05, 0.1) is 5.69 Å². The van der Waals surface area contributed by atoms with Gasteiger partial charge in [0.25, 0.3) is 0 Å². The van der Waals surface area contributed by atoms with E-state index in [0.29, 0.717) is 0 Å². The first-order valence-corrected chi connectivity index (χ1v) is 7.90. The van der Waals surface area contributed by atoms with Crippen LogP contribution in [0, 0.1) is 5.92 Å². The molecule has 0 radical (unpaired) electrons. The van der Waals surface area contributed by atoms with Crippen molar-refractivity contribution in [3.8, 4) is 0 Å². The Morgan fingerprint density at radius 3 is 2.60 bits per heavy atom. The van der Waals surface area contributed by atoms with Crippen LogP contribution in [0.2, 0.25) is 0 Å². The van der Waals surface area contributed by atoms with Crippen LogP contribution in [0.4, 0.5) is 0 Å². The van der Waals surface area contributed by atoms with Crippen LogP contribution in [0.3, 0.4) is 0 Å². The highest BCUT2D eigenvalue weighted by molar-refractivity contribution is 5.03. The fraction of sp³-hybridized carbons (Fsp3) is 0.588. The number of rotatable bonds is 4. The Morgan fingerprint density at radius 1 is 1.05 bits per heavy atom. The van der Waals surface area contributed by atoms with Crippen molar-refractivity contribution >= 4 is 0 Å². The lowest BCUT2D eigenvalue weighted by Crippen LogP contribution is -2.47. The third-order valence-corrected chi connectivity index (χ3v) is 4.47. The number of nitrogens with zero attached hydrogens (tertiary/aromatic N) is 3. The number of allylic oxidation sites excluding steroid dienone is 2. The summed E-state index contributed by atoms with van der Waals surface area (Å²) < 4.78 is 0. The number of pyridine rings is 1. The molecule has 0 spiro atoms. The Morgan fingerprint density at radius 2 is 1.90 bits per heavy atom. The normalized spacial score (nSPS) is 24.9. The van der Waals surface area contributed by atoms with Crippen LogP contribution in [-0.4, -0.2) is 47.5 Å². The van der Waals surface area contributed by atoms with Crippen LogP contribution in [-0.2, 0) is 6.54 Å². The zero-order chi connectivity index (χ0) is 13.6. The second-order valence-corrected chi connectivity index (χ2v) is 6.05. The molecule has 1 aromatic rings. The predicted molar refractivity (Wildman–Crippen MR) is 82.4 cm³/mol. The number of aromatic nitrogens is 1. The molecule has 0 saturated carbocycles. The summed E-state index contributed by atoms with van der Waals surface area (Å²) in [5.74, 6) is 0.891. The summed E-state index contributed by atoms with van der Waals surface area (Å²) in [5.41, 5.74) is 1.19. The van der Waals surface area contributed by atoms with E-state index in [1.807, 2.05) is 12.3 Å². The van der Waals surface area contributed by atoms with Gasteiger partial charge in [-0.2, -0.15) is 0 Å².